The van der Waals surface area contributed by atoms with Crippen LogP contribution in [0.3, 0.4) is 0 Å². The van der Waals surface area contributed by atoms with E-state index in [4.69, 9.17) is 4.74 Å². The smallest absolute Gasteiger partial charge is 0.266 e. The maximum atomic E-state index is 12.1. The molecule has 4 heteroatoms. The first-order valence-corrected chi connectivity index (χ1v) is 7.33. The number of carbonyl (C=O) groups is 1. The van der Waals surface area contributed by atoms with E-state index in [0.29, 0.717) is 5.69 Å². The second-order valence-corrected chi connectivity index (χ2v) is 5.23. The standard InChI is InChI=1S/C19H18N2O2/c1-14(2)23-18-10-8-15(9-11-18)12-16(13-20)19(22)21-17-6-4-3-5-7-17/h3-12,14H,1-2H3,(H,21,22)/b16-12-. The lowest BCUT2D eigenvalue weighted by Crippen LogP contribution is -2.13. The van der Waals surface area contributed by atoms with E-state index < -0.39 is 5.91 Å². The number of para-hydroxylation sites is 1. The summed E-state index contributed by atoms with van der Waals surface area (Å²) in [4.78, 5) is 12.1. The number of nitriles is 1. The predicted molar refractivity (Wildman–Crippen MR) is 90.9 cm³/mol. The number of amides is 1. The van der Waals surface area contributed by atoms with Crippen molar-refractivity contribution in [1.29, 1.82) is 5.26 Å². The van der Waals surface area contributed by atoms with Gasteiger partial charge in [-0.05, 0) is 49.8 Å². The number of nitrogens with one attached hydrogen (secondary N) is 1. The van der Waals surface area contributed by atoms with Crippen LogP contribution in [0.15, 0.2) is 60.2 Å². The first kappa shape index (κ1) is 16.3. The highest BCUT2D eigenvalue weighted by Crippen LogP contribution is 2.16. The van der Waals surface area contributed by atoms with Gasteiger partial charge >= 0.3 is 0 Å². The summed E-state index contributed by atoms with van der Waals surface area (Å²) in [5, 5.41) is 11.9. The molecule has 0 saturated carbocycles. The van der Waals surface area contributed by atoms with Crippen LogP contribution in [0, 0.1) is 11.3 Å². The van der Waals surface area contributed by atoms with Gasteiger partial charge in [-0.1, -0.05) is 30.3 Å². The maximum absolute atomic E-state index is 12.1. The van der Waals surface area contributed by atoms with Crippen molar-refractivity contribution < 1.29 is 9.53 Å². The van der Waals surface area contributed by atoms with Gasteiger partial charge in [0.2, 0.25) is 0 Å². The molecule has 0 unspecified atom stereocenters. The van der Waals surface area contributed by atoms with Crippen LogP contribution in [0.5, 0.6) is 5.75 Å². The third-order valence-corrected chi connectivity index (χ3v) is 2.96. The second-order valence-electron chi connectivity index (χ2n) is 5.23. The van der Waals surface area contributed by atoms with Gasteiger partial charge in [-0.15, -0.1) is 0 Å². The highest BCUT2D eigenvalue weighted by Gasteiger charge is 2.09. The molecular weight excluding hydrogens is 288 g/mol. The molecule has 0 aliphatic carbocycles. The van der Waals surface area contributed by atoms with Crippen molar-refractivity contribution in [1.82, 2.24) is 0 Å². The van der Waals surface area contributed by atoms with Crippen molar-refractivity contribution in [3.05, 3.63) is 65.7 Å². The largest absolute Gasteiger partial charge is 0.491 e. The number of anilines is 1. The lowest BCUT2D eigenvalue weighted by atomic mass is 10.1. The minimum Gasteiger partial charge on any atom is -0.491 e. The average Bonchev–Trinajstić information content (AvgIpc) is 2.54. The Balaban J connectivity index is 2.12. The van der Waals surface area contributed by atoms with Gasteiger partial charge in [0, 0.05) is 5.69 Å². The monoisotopic (exact) mass is 306 g/mol. The Bertz CT molecular complexity index is 726. The molecule has 23 heavy (non-hydrogen) atoms. The summed E-state index contributed by atoms with van der Waals surface area (Å²) in [6.45, 7) is 3.91. The Morgan fingerprint density at radius 2 is 1.78 bits per heavy atom. The van der Waals surface area contributed by atoms with Gasteiger partial charge in [0.15, 0.2) is 0 Å². The molecule has 1 amide bonds. The molecule has 4 nitrogen and oxygen atoms in total. The molecule has 2 rings (SSSR count). The molecule has 0 aliphatic heterocycles. The molecule has 0 radical (unpaired) electrons. The highest BCUT2D eigenvalue weighted by molar-refractivity contribution is 6.09. The van der Waals surface area contributed by atoms with Crippen molar-refractivity contribution in [2.24, 2.45) is 0 Å². The molecule has 0 spiro atoms. The van der Waals surface area contributed by atoms with E-state index in [1.165, 1.54) is 0 Å². The van der Waals surface area contributed by atoms with Gasteiger partial charge in [0.25, 0.3) is 5.91 Å². The zero-order valence-corrected chi connectivity index (χ0v) is 13.1. The van der Waals surface area contributed by atoms with Crippen molar-refractivity contribution in [3.8, 4) is 11.8 Å². The molecule has 1 N–H and O–H groups in total. The van der Waals surface area contributed by atoms with E-state index in [0.717, 1.165) is 11.3 Å². The molecule has 2 aromatic rings. The van der Waals surface area contributed by atoms with Gasteiger partial charge in [-0.3, -0.25) is 4.79 Å². The van der Waals surface area contributed by atoms with Gasteiger partial charge < -0.3 is 10.1 Å². The van der Waals surface area contributed by atoms with Crippen molar-refractivity contribution in [2.75, 3.05) is 5.32 Å². The molecule has 0 bridgehead atoms. The molecule has 2 aromatic carbocycles. The van der Waals surface area contributed by atoms with Crippen LogP contribution in [0.25, 0.3) is 6.08 Å². The molecule has 0 aromatic heterocycles. The summed E-state index contributed by atoms with van der Waals surface area (Å²) in [6, 6.07) is 18.2. The van der Waals surface area contributed by atoms with Crippen LogP contribution in [-0.4, -0.2) is 12.0 Å². The number of nitrogens with zero attached hydrogens (tertiary/aromatic N) is 1. The van der Waals surface area contributed by atoms with Crippen LogP contribution in [0.4, 0.5) is 5.69 Å². The normalized spacial score (nSPS) is 11.0. The van der Waals surface area contributed by atoms with Crippen molar-refractivity contribution in [3.63, 3.8) is 0 Å². The first-order valence-electron chi connectivity index (χ1n) is 7.33. The number of hydrogen-bond acceptors (Lipinski definition) is 3. The Labute approximate surface area is 136 Å². The summed E-state index contributed by atoms with van der Waals surface area (Å²) < 4.78 is 5.56. The summed E-state index contributed by atoms with van der Waals surface area (Å²) in [5.41, 5.74) is 1.46. The van der Waals surface area contributed by atoms with Crippen LogP contribution in [-0.2, 0) is 4.79 Å². The molecular formula is C19H18N2O2. The van der Waals surface area contributed by atoms with Crippen LogP contribution in [0.1, 0.15) is 19.4 Å². The molecule has 0 saturated heterocycles. The fourth-order valence-corrected chi connectivity index (χ4v) is 1.95. The summed E-state index contributed by atoms with van der Waals surface area (Å²) >= 11 is 0. The fourth-order valence-electron chi connectivity index (χ4n) is 1.95. The SMILES string of the molecule is CC(C)Oc1ccc(/C=C(/C#N)C(=O)Nc2ccccc2)cc1. The van der Waals surface area contributed by atoms with E-state index in [-0.39, 0.29) is 11.7 Å². The van der Waals surface area contributed by atoms with E-state index in [9.17, 15) is 10.1 Å². The van der Waals surface area contributed by atoms with Gasteiger partial charge in [-0.2, -0.15) is 5.26 Å². The topological polar surface area (TPSA) is 62.1 Å². The summed E-state index contributed by atoms with van der Waals surface area (Å²) in [7, 11) is 0. The Hall–Kier alpha value is -3.06. The van der Waals surface area contributed by atoms with E-state index >= 15 is 0 Å². The van der Waals surface area contributed by atoms with Crippen LogP contribution in [0.2, 0.25) is 0 Å². The minimum absolute atomic E-state index is 0.0476. The lowest BCUT2D eigenvalue weighted by molar-refractivity contribution is -0.112. The van der Waals surface area contributed by atoms with E-state index in [2.05, 4.69) is 5.32 Å². The van der Waals surface area contributed by atoms with Crippen molar-refractivity contribution in [2.45, 2.75) is 20.0 Å². The summed E-state index contributed by atoms with van der Waals surface area (Å²) in [5.74, 6) is 0.325. The predicted octanol–water partition coefficient (Wildman–Crippen LogP) is 4.02. The highest BCUT2D eigenvalue weighted by atomic mass is 16.5. The quantitative estimate of drug-likeness (QED) is 0.670. The average molecular weight is 306 g/mol. The molecule has 0 heterocycles. The zero-order chi connectivity index (χ0) is 16.7. The van der Waals surface area contributed by atoms with Crippen molar-refractivity contribution >= 4 is 17.7 Å². The number of ether oxygens (including phenoxy) is 1. The number of hydrogen-bond donors (Lipinski definition) is 1. The maximum Gasteiger partial charge on any atom is 0.266 e. The Morgan fingerprint density at radius 3 is 2.35 bits per heavy atom. The Morgan fingerprint density at radius 1 is 1.13 bits per heavy atom. The van der Waals surface area contributed by atoms with E-state index in [1.54, 1.807) is 18.2 Å². The lowest BCUT2D eigenvalue weighted by Gasteiger charge is -2.09. The third kappa shape index (κ3) is 5.01. The molecule has 0 aliphatic rings. The number of benzene rings is 2. The Kier molecular flexibility index (Phi) is 5.54. The third-order valence-electron chi connectivity index (χ3n) is 2.96. The van der Waals surface area contributed by atoms with Crippen LogP contribution >= 0.6 is 0 Å². The van der Waals surface area contributed by atoms with Gasteiger partial charge in [0.05, 0.1) is 6.10 Å². The molecule has 0 atom stereocenters. The second kappa shape index (κ2) is 7.81. The zero-order valence-electron chi connectivity index (χ0n) is 13.1. The fraction of sp³-hybridized carbons (Fsp3) is 0.158. The van der Waals surface area contributed by atoms with E-state index in [1.807, 2.05) is 62.4 Å². The number of carbonyl (C=O) groups excluding carboxylic acids is 1. The van der Waals surface area contributed by atoms with Crippen LogP contribution < -0.4 is 10.1 Å². The molecule has 116 valence electrons. The molecule has 0 fully saturated rings. The minimum atomic E-state index is -0.429. The number of rotatable bonds is 5. The first-order chi connectivity index (χ1) is 11.1. The summed E-state index contributed by atoms with van der Waals surface area (Å²) in [6.07, 6.45) is 1.65. The van der Waals surface area contributed by atoms with Gasteiger partial charge in [-0.25, -0.2) is 0 Å². The van der Waals surface area contributed by atoms with Gasteiger partial charge in [0.1, 0.15) is 17.4 Å².